The van der Waals surface area contributed by atoms with E-state index in [0.29, 0.717) is 13.1 Å². The molecule has 0 aliphatic carbocycles. The molecular weight excluding hydrogens is 286 g/mol. The molecule has 3 N–H and O–H groups in total. The lowest BCUT2D eigenvalue weighted by molar-refractivity contribution is 0.586. The molecule has 0 amide bonds. The second kappa shape index (κ2) is 5.20. The molecular formula is C15H19N3O2S. The summed E-state index contributed by atoms with van der Waals surface area (Å²) in [4.78, 5) is 3.18. The molecule has 3 rings (SSSR count). The average Bonchev–Trinajstić information content (AvgIpc) is 2.96. The molecule has 0 unspecified atom stereocenters. The predicted molar refractivity (Wildman–Crippen MR) is 82.7 cm³/mol. The predicted octanol–water partition coefficient (Wildman–Crippen LogP) is 1.92. The number of aryl methyl sites for hydroxylation is 2. The Bertz CT molecular complexity index is 765. The van der Waals surface area contributed by atoms with Crippen LogP contribution in [0.4, 0.5) is 5.69 Å². The smallest absolute Gasteiger partial charge is 0.265 e. The zero-order chi connectivity index (χ0) is 15.0. The molecule has 0 bridgehead atoms. The lowest BCUT2D eigenvalue weighted by Crippen LogP contribution is -2.35. The molecule has 1 aromatic heterocycles. The third-order valence-electron chi connectivity index (χ3n) is 3.84. The minimum atomic E-state index is -3.53. The van der Waals surface area contributed by atoms with E-state index in [2.05, 4.69) is 11.1 Å². The minimum Gasteiger partial charge on any atom is -0.363 e. The first kappa shape index (κ1) is 14.2. The van der Waals surface area contributed by atoms with Crippen LogP contribution in [-0.2, 0) is 23.0 Å². The van der Waals surface area contributed by atoms with E-state index in [-0.39, 0.29) is 4.90 Å². The fourth-order valence-corrected chi connectivity index (χ4v) is 4.31. The van der Waals surface area contributed by atoms with Crippen LogP contribution in [0, 0.1) is 6.92 Å². The number of sulfonamides is 1. The van der Waals surface area contributed by atoms with Gasteiger partial charge < -0.3 is 10.7 Å². The summed E-state index contributed by atoms with van der Waals surface area (Å²) in [6.07, 6.45) is 3.27. The molecule has 0 atom stereocenters. The van der Waals surface area contributed by atoms with Crippen molar-refractivity contribution >= 4 is 15.7 Å². The molecule has 112 valence electrons. The Morgan fingerprint density at radius 3 is 2.86 bits per heavy atom. The maximum atomic E-state index is 12.8. The zero-order valence-corrected chi connectivity index (χ0v) is 12.8. The van der Waals surface area contributed by atoms with Gasteiger partial charge in [-0.15, -0.1) is 0 Å². The molecule has 1 aliphatic rings. The average molecular weight is 305 g/mol. The number of H-pyrrole nitrogens is 1. The van der Waals surface area contributed by atoms with Gasteiger partial charge in [-0.1, -0.05) is 17.7 Å². The SMILES string of the molecule is Cc1ccc2c(c1)CCCN2S(=O)(=O)c1c[nH]c(CN)c1. The lowest BCUT2D eigenvalue weighted by atomic mass is 10.0. The molecule has 0 saturated carbocycles. The van der Waals surface area contributed by atoms with Gasteiger partial charge in [0.05, 0.1) is 5.69 Å². The van der Waals surface area contributed by atoms with Gasteiger partial charge in [-0.3, -0.25) is 4.31 Å². The molecule has 1 aliphatic heterocycles. The Morgan fingerprint density at radius 2 is 2.14 bits per heavy atom. The van der Waals surface area contributed by atoms with E-state index >= 15 is 0 Å². The number of anilines is 1. The number of nitrogens with zero attached hydrogens (tertiary/aromatic N) is 1. The number of aromatic amines is 1. The van der Waals surface area contributed by atoms with Gasteiger partial charge in [0.1, 0.15) is 4.90 Å². The summed E-state index contributed by atoms with van der Waals surface area (Å²) in [5.74, 6) is 0. The van der Waals surface area contributed by atoms with Crippen LogP contribution in [0.15, 0.2) is 35.4 Å². The summed E-state index contributed by atoms with van der Waals surface area (Å²) < 4.78 is 27.2. The fraction of sp³-hybridized carbons (Fsp3) is 0.333. The standard InChI is InChI=1S/C15H19N3O2S/c1-11-4-5-15-12(7-11)3-2-6-18(15)21(19,20)14-8-13(9-16)17-10-14/h4-5,7-8,10,17H,2-3,6,9,16H2,1H3. The van der Waals surface area contributed by atoms with Crippen molar-refractivity contribution in [1.82, 2.24) is 4.98 Å². The van der Waals surface area contributed by atoms with Crippen LogP contribution in [0.1, 0.15) is 23.2 Å². The van der Waals surface area contributed by atoms with Crippen molar-refractivity contribution in [1.29, 1.82) is 0 Å². The maximum Gasteiger partial charge on any atom is 0.265 e. The normalized spacial score (nSPS) is 15.0. The quantitative estimate of drug-likeness (QED) is 0.909. The van der Waals surface area contributed by atoms with Crippen molar-refractivity contribution in [3.8, 4) is 0 Å². The molecule has 0 fully saturated rings. The third kappa shape index (κ3) is 2.45. The molecule has 5 nitrogen and oxygen atoms in total. The van der Waals surface area contributed by atoms with Crippen LogP contribution >= 0.6 is 0 Å². The van der Waals surface area contributed by atoms with Crippen LogP contribution in [0.2, 0.25) is 0 Å². The number of nitrogens with two attached hydrogens (primary N) is 1. The molecule has 0 saturated heterocycles. The first-order valence-electron chi connectivity index (χ1n) is 7.02. The van der Waals surface area contributed by atoms with Crippen molar-refractivity contribution in [3.63, 3.8) is 0 Å². The number of fused-ring (bicyclic) bond motifs is 1. The van der Waals surface area contributed by atoms with Gasteiger partial charge in [0, 0.05) is 25.0 Å². The minimum absolute atomic E-state index is 0.274. The van der Waals surface area contributed by atoms with Gasteiger partial charge in [-0.05, 0) is 37.5 Å². The first-order valence-corrected chi connectivity index (χ1v) is 8.46. The lowest BCUT2D eigenvalue weighted by Gasteiger charge is -2.30. The number of hydrogen-bond donors (Lipinski definition) is 2. The van der Waals surface area contributed by atoms with Gasteiger partial charge in [0.25, 0.3) is 10.0 Å². The van der Waals surface area contributed by atoms with Crippen molar-refractivity contribution in [2.75, 3.05) is 10.8 Å². The van der Waals surface area contributed by atoms with E-state index in [1.807, 2.05) is 19.1 Å². The van der Waals surface area contributed by atoms with Crippen molar-refractivity contribution in [2.45, 2.75) is 31.2 Å². The number of benzene rings is 1. The molecule has 6 heteroatoms. The summed E-state index contributed by atoms with van der Waals surface area (Å²) in [6, 6.07) is 7.53. The Kier molecular flexibility index (Phi) is 3.51. The summed E-state index contributed by atoms with van der Waals surface area (Å²) in [5, 5.41) is 0. The van der Waals surface area contributed by atoms with Crippen molar-refractivity contribution in [2.24, 2.45) is 5.73 Å². The van der Waals surface area contributed by atoms with E-state index in [1.54, 1.807) is 6.07 Å². The highest BCUT2D eigenvalue weighted by molar-refractivity contribution is 7.92. The van der Waals surface area contributed by atoms with Crippen LogP contribution in [0.25, 0.3) is 0 Å². The second-order valence-electron chi connectivity index (χ2n) is 5.38. The Morgan fingerprint density at radius 1 is 1.33 bits per heavy atom. The first-order chi connectivity index (χ1) is 10.0. The van der Waals surface area contributed by atoms with Crippen molar-refractivity contribution < 1.29 is 8.42 Å². The fourth-order valence-electron chi connectivity index (χ4n) is 2.75. The number of hydrogen-bond acceptors (Lipinski definition) is 3. The molecule has 21 heavy (non-hydrogen) atoms. The van der Waals surface area contributed by atoms with Gasteiger partial charge in [0.15, 0.2) is 0 Å². The maximum absolute atomic E-state index is 12.8. The van der Waals surface area contributed by atoms with E-state index in [9.17, 15) is 8.42 Å². The van der Waals surface area contributed by atoms with Crippen LogP contribution in [0.3, 0.4) is 0 Å². The Hall–Kier alpha value is -1.79. The van der Waals surface area contributed by atoms with E-state index < -0.39 is 10.0 Å². The van der Waals surface area contributed by atoms with Crippen LogP contribution < -0.4 is 10.0 Å². The highest BCUT2D eigenvalue weighted by Gasteiger charge is 2.29. The number of rotatable bonds is 3. The number of aromatic nitrogens is 1. The Labute approximate surface area is 124 Å². The van der Waals surface area contributed by atoms with Gasteiger partial charge in [-0.2, -0.15) is 0 Å². The molecule has 0 spiro atoms. The van der Waals surface area contributed by atoms with Gasteiger partial charge >= 0.3 is 0 Å². The van der Waals surface area contributed by atoms with Crippen LogP contribution in [0.5, 0.6) is 0 Å². The van der Waals surface area contributed by atoms with E-state index in [4.69, 9.17) is 5.73 Å². The zero-order valence-electron chi connectivity index (χ0n) is 12.0. The Balaban J connectivity index is 2.05. The highest BCUT2D eigenvalue weighted by atomic mass is 32.2. The van der Waals surface area contributed by atoms with Gasteiger partial charge in [0.2, 0.25) is 0 Å². The summed E-state index contributed by atoms with van der Waals surface area (Å²) in [6.45, 7) is 2.83. The summed E-state index contributed by atoms with van der Waals surface area (Å²) in [7, 11) is -3.53. The van der Waals surface area contributed by atoms with Gasteiger partial charge in [-0.25, -0.2) is 8.42 Å². The van der Waals surface area contributed by atoms with Crippen LogP contribution in [-0.4, -0.2) is 19.9 Å². The van der Waals surface area contributed by atoms with E-state index in [1.165, 1.54) is 10.5 Å². The molecule has 1 aromatic carbocycles. The largest absolute Gasteiger partial charge is 0.363 e. The molecule has 0 radical (unpaired) electrons. The summed E-state index contributed by atoms with van der Waals surface area (Å²) >= 11 is 0. The second-order valence-corrected chi connectivity index (χ2v) is 7.24. The van der Waals surface area contributed by atoms with Crippen molar-refractivity contribution in [3.05, 3.63) is 47.3 Å². The highest BCUT2D eigenvalue weighted by Crippen LogP contribution is 2.32. The summed E-state index contributed by atoms with van der Waals surface area (Å²) in [5.41, 5.74) is 9.30. The molecule has 2 heterocycles. The molecule has 2 aromatic rings. The topological polar surface area (TPSA) is 79.2 Å². The monoisotopic (exact) mass is 305 g/mol. The third-order valence-corrected chi connectivity index (χ3v) is 5.63. The van der Waals surface area contributed by atoms with E-state index in [0.717, 1.165) is 35.3 Å². The number of nitrogens with one attached hydrogen (secondary N) is 1.